The smallest absolute Gasteiger partial charge is 0.330 e. The van der Waals surface area contributed by atoms with E-state index in [0.717, 1.165) is 11.4 Å². The van der Waals surface area contributed by atoms with Crippen LogP contribution in [-0.4, -0.2) is 45.5 Å². The maximum absolute atomic E-state index is 12.6. The lowest BCUT2D eigenvalue weighted by molar-refractivity contribution is -0.152. The summed E-state index contributed by atoms with van der Waals surface area (Å²) < 4.78 is 12.6. The zero-order valence-corrected chi connectivity index (χ0v) is 16.5. The van der Waals surface area contributed by atoms with Crippen LogP contribution in [0.15, 0.2) is 28.9 Å². The number of aromatic nitrogens is 1. The second-order valence-electron chi connectivity index (χ2n) is 6.52. The number of thioether (sulfide) groups is 1. The molecule has 27 heavy (non-hydrogen) atoms. The first kappa shape index (κ1) is 19.3. The third-order valence-corrected chi connectivity index (χ3v) is 6.13. The van der Waals surface area contributed by atoms with Crippen LogP contribution >= 0.6 is 11.8 Å². The first-order chi connectivity index (χ1) is 12.8. The van der Waals surface area contributed by atoms with E-state index in [-0.39, 0.29) is 23.7 Å². The molecule has 0 radical (unpaired) electrons. The van der Waals surface area contributed by atoms with Gasteiger partial charge in [-0.05, 0) is 32.0 Å². The molecule has 0 spiro atoms. The van der Waals surface area contributed by atoms with Crippen LogP contribution in [0.3, 0.4) is 0 Å². The standard InChI is InChI=1S/C19H22N2O5S/c1-11-8-14(12(2)20(11)4)16(23)9-26-19(24)15-10-27-18(21(15)13(3)22)17-6-5-7-25-17/h5-8,15,18H,9-10H2,1-4H3/t15-,18+/m0/s1. The van der Waals surface area contributed by atoms with Gasteiger partial charge >= 0.3 is 5.97 Å². The van der Waals surface area contributed by atoms with Crippen LogP contribution in [-0.2, 0) is 21.4 Å². The summed E-state index contributed by atoms with van der Waals surface area (Å²) in [4.78, 5) is 38.5. The van der Waals surface area contributed by atoms with Crippen molar-refractivity contribution in [2.75, 3.05) is 12.4 Å². The molecule has 1 aliphatic rings. The van der Waals surface area contributed by atoms with Crippen LogP contribution in [0.1, 0.15) is 39.8 Å². The van der Waals surface area contributed by atoms with Crippen LogP contribution in [0.25, 0.3) is 0 Å². The Bertz CT molecular complexity index is 871. The lowest BCUT2D eigenvalue weighted by Gasteiger charge is -2.25. The molecule has 0 bridgehead atoms. The van der Waals surface area contributed by atoms with Gasteiger partial charge in [-0.25, -0.2) is 4.79 Å². The molecule has 0 aliphatic carbocycles. The number of furan rings is 1. The summed E-state index contributed by atoms with van der Waals surface area (Å²) in [6.07, 6.45) is 1.53. The minimum Gasteiger partial charge on any atom is -0.466 e. The molecule has 2 aromatic heterocycles. The first-order valence-electron chi connectivity index (χ1n) is 8.58. The zero-order valence-electron chi connectivity index (χ0n) is 15.7. The molecule has 1 amide bonds. The van der Waals surface area contributed by atoms with E-state index < -0.39 is 12.0 Å². The summed E-state index contributed by atoms with van der Waals surface area (Å²) in [5.74, 6) is -0.0831. The van der Waals surface area contributed by atoms with Gasteiger partial charge in [0.15, 0.2) is 6.61 Å². The summed E-state index contributed by atoms with van der Waals surface area (Å²) in [5.41, 5.74) is 2.33. The van der Waals surface area contributed by atoms with Crippen molar-refractivity contribution in [2.24, 2.45) is 7.05 Å². The Kier molecular flexibility index (Phi) is 5.46. The van der Waals surface area contributed by atoms with Crippen molar-refractivity contribution in [3.63, 3.8) is 0 Å². The lowest BCUT2D eigenvalue weighted by atomic mass is 10.1. The maximum atomic E-state index is 12.6. The minimum atomic E-state index is -0.742. The summed E-state index contributed by atoms with van der Waals surface area (Å²) in [6, 6.07) is 4.55. The van der Waals surface area contributed by atoms with Crippen LogP contribution in [0.4, 0.5) is 0 Å². The average molecular weight is 390 g/mol. The van der Waals surface area contributed by atoms with Crippen molar-refractivity contribution in [3.8, 4) is 0 Å². The van der Waals surface area contributed by atoms with Gasteiger partial charge in [-0.1, -0.05) is 0 Å². The van der Waals surface area contributed by atoms with Crippen molar-refractivity contribution >= 4 is 29.4 Å². The molecule has 1 aliphatic heterocycles. The predicted octanol–water partition coefficient (Wildman–Crippen LogP) is 2.62. The summed E-state index contributed by atoms with van der Waals surface area (Å²) in [6.45, 7) is 4.82. The highest BCUT2D eigenvalue weighted by Crippen LogP contribution is 2.41. The lowest BCUT2D eigenvalue weighted by Crippen LogP contribution is -2.43. The quantitative estimate of drug-likeness (QED) is 0.577. The fraction of sp³-hybridized carbons (Fsp3) is 0.421. The van der Waals surface area contributed by atoms with Gasteiger partial charge in [0.25, 0.3) is 0 Å². The molecule has 1 fully saturated rings. The molecular formula is C19H22N2O5S. The minimum absolute atomic E-state index is 0.246. The molecule has 144 valence electrons. The van der Waals surface area contributed by atoms with E-state index in [9.17, 15) is 14.4 Å². The third-order valence-electron chi connectivity index (χ3n) is 4.84. The largest absolute Gasteiger partial charge is 0.466 e. The zero-order chi connectivity index (χ0) is 19.7. The third kappa shape index (κ3) is 3.66. The van der Waals surface area contributed by atoms with Gasteiger partial charge in [0.1, 0.15) is 17.2 Å². The van der Waals surface area contributed by atoms with Crippen molar-refractivity contribution in [3.05, 3.63) is 47.2 Å². The number of rotatable bonds is 5. The summed E-state index contributed by atoms with van der Waals surface area (Å²) in [7, 11) is 1.88. The number of amides is 1. The molecule has 7 nitrogen and oxygen atoms in total. The highest BCUT2D eigenvalue weighted by Gasteiger charge is 2.43. The van der Waals surface area contributed by atoms with Crippen LogP contribution in [0, 0.1) is 13.8 Å². The average Bonchev–Trinajstić information content (AvgIpc) is 3.35. The molecule has 0 unspecified atom stereocenters. The van der Waals surface area contributed by atoms with Gasteiger partial charge in [-0.3, -0.25) is 9.59 Å². The number of ketones is 1. The van der Waals surface area contributed by atoms with Gasteiger partial charge in [0, 0.05) is 36.7 Å². The number of nitrogens with zero attached hydrogens (tertiary/aromatic N) is 2. The molecule has 3 rings (SSSR count). The molecule has 0 N–H and O–H groups in total. The summed E-state index contributed by atoms with van der Waals surface area (Å²) >= 11 is 1.43. The Hall–Kier alpha value is -2.48. The van der Waals surface area contributed by atoms with E-state index in [4.69, 9.17) is 9.15 Å². The van der Waals surface area contributed by atoms with Crippen LogP contribution < -0.4 is 0 Å². The molecule has 2 atom stereocenters. The van der Waals surface area contributed by atoms with E-state index in [1.165, 1.54) is 29.8 Å². The fourth-order valence-electron chi connectivity index (χ4n) is 3.17. The summed E-state index contributed by atoms with van der Waals surface area (Å²) in [5, 5.41) is -0.371. The van der Waals surface area contributed by atoms with E-state index in [0.29, 0.717) is 17.1 Å². The first-order valence-corrected chi connectivity index (χ1v) is 9.62. The Morgan fingerprint density at radius 1 is 1.33 bits per heavy atom. The van der Waals surface area contributed by atoms with Crippen molar-refractivity contribution in [1.29, 1.82) is 0 Å². The molecule has 0 aromatic carbocycles. The normalized spacial score (nSPS) is 19.3. The van der Waals surface area contributed by atoms with Gasteiger partial charge < -0.3 is 18.6 Å². The molecule has 3 heterocycles. The number of hydrogen-bond donors (Lipinski definition) is 0. The Morgan fingerprint density at radius 3 is 2.63 bits per heavy atom. The van der Waals surface area contributed by atoms with E-state index in [2.05, 4.69) is 0 Å². The second kappa shape index (κ2) is 7.64. The topological polar surface area (TPSA) is 81.8 Å². The van der Waals surface area contributed by atoms with Gasteiger partial charge in [-0.2, -0.15) is 0 Å². The molecule has 2 aromatic rings. The van der Waals surface area contributed by atoms with E-state index >= 15 is 0 Å². The number of carbonyl (C=O) groups excluding carboxylic acids is 3. The molecular weight excluding hydrogens is 368 g/mol. The van der Waals surface area contributed by atoms with Gasteiger partial charge in [0.05, 0.1) is 6.26 Å². The number of aryl methyl sites for hydroxylation is 1. The highest BCUT2D eigenvalue weighted by molar-refractivity contribution is 7.99. The van der Waals surface area contributed by atoms with Crippen molar-refractivity contribution in [2.45, 2.75) is 32.2 Å². The fourth-order valence-corrected chi connectivity index (χ4v) is 4.59. The number of ether oxygens (including phenoxy) is 1. The number of hydrogen-bond acceptors (Lipinski definition) is 6. The monoisotopic (exact) mass is 390 g/mol. The maximum Gasteiger partial charge on any atom is 0.330 e. The second-order valence-corrected chi connectivity index (χ2v) is 7.63. The van der Waals surface area contributed by atoms with Gasteiger partial charge in [-0.15, -0.1) is 11.8 Å². The Balaban J connectivity index is 1.67. The molecule has 0 saturated carbocycles. The number of esters is 1. The molecule has 8 heteroatoms. The predicted molar refractivity (Wildman–Crippen MR) is 100 cm³/mol. The van der Waals surface area contributed by atoms with Crippen LogP contribution in [0.2, 0.25) is 0 Å². The number of carbonyl (C=O) groups is 3. The van der Waals surface area contributed by atoms with Crippen molar-refractivity contribution < 1.29 is 23.5 Å². The SMILES string of the molecule is CC(=O)N1[C@@H](c2ccco2)SC[C@H]1C(=O)OCC(=O)c1cc(C)n(C)c1C. The Labute approximate surface area is 161 Å². The van der Waals surface area contributed by atoms with E-state index in [1.54, 1.807) is 18.2 Å². The van der Waals surface area contributed by atoms with Crippen LogP contribution in [0.5, 0.6) is 0 Å². The highest BCUT2D eigenvalue weighted by atomic mass is 32.2. The Morgan fingerprint density at radius 2 is 2.07 bits per heavy atom. The number of Topliss-reactive ketones (excluding diaryl/α,β-unsaturated/α-hetero) is 1. The van der Waals surface area contributed by atoms with E-state index in [1.807, 2.05) is 25.5 Å². The van der Waals surface area contributed by atoms with Gasteiger partial charge in [0.2, 0.25) is 11.7 Å². The molecule has 1 saturated heterocycles. The van der Waals surface area contributed by atoms with Crippen molar-refractivity contribution in [1.82, 2.24) is 9.47 Å².